The van der Waals surface area contributed by atoms with Crippen LogP contribution in [0.5, 0.6) is 5.88 Å². The fourth-order valence-corrected chi connectivity index (χ4v) is 6.82. The number of methoxy groups -OCH3 is 1. The highest BCUT2D eigenvalue weighted by Gasteiger charge is 2.40. The number of rotatable bonds is 11. The van der Waals surface area contributed by atoms with Crippen molar-refractivity contribution >= 4 is 40.7 Å². The molecule has 5 heterocycles. The van der Waals surface area contributed by atoms with Gasteiger partial charge in [-0.2, -0.15) is 13.2 Å². The van der Waals surface area contributed by atoms with Gasteiger partial charge in [-0.05, 0) is 24.6 Å². The summed E-state index contributed by atoms with van der Waals surface area (Å²) >= 11 is 13.8. The van der Waals surface area contributed by atoms with Crippen LogP contribution in [-0.4, -0.2) is 86.4 Å². The highest BCUT2D eigenvalue weighted by molar-refractivity contribution is 6.39. The SMILES string of the molecule is COc1nc(-c2ccnc(-c3cccc(NC(=O)c4nc5c(n4C)CCN(C[C@H](O)C(F)(F)F)C5)c3Cl)c2Cl)ccc1CNC[C@@H]1CCC(=O)N1. The zero-order valence-corrected chi connectivity index (χ0v) is 29.2. The summed E-state index contributed by atoms with van der Waals surface area (Å²) in [5.74, 6) is -0.0405. The van der Waals surface area contributed by atoms with E-state index in [4.69, 9.17) is 27.9 Å². The largest absolute Gasteiger partial charge is 0.481 e. The average molecular weight is 748 g/mol. The number of pyridine rings is 2. The van der Waals surface area contributed by atoms with E-state index in [9.17, 15) is 27.9 Å². The summed E-state index contributed by atoms with van der Waals surface area (Å²) in [4.78, 5) is 40.0. The molecule has 1 fully saturated rings. The third-order valence-electron chi connectivity index (χ3n) is 8.94. The van der Waals surface area contributed by atoms with Crippen LogP contribution in [0.1, 0.15) is 40.4 Å². The number of aliphatic hydroxyl groups excluding tert-OH is 1. The monoisotopic (exact) mass is 746 g/mol. The van der Waals surface area contributed by atoms with Crippen LogP contribution in [-0.2, 0) is 31.4 Å². The van der Waals surface area contributed by atoms with Gasteiger partial charge in [0.05, 0.1) is 39.9 Å². The van der Waals surface area contributed by atoms with Crippen LogP contribution in [0.25, 0.3) is 22.5 Å². The molecule has 1 aromatic carbocycles. The molecule has 270 valence electrons. The Balaban J connectivity index is 1.18. The first-order chi connectivity index (χ1) is 24.3. The maximum Gasteiger partial charge on any atom is 0.415 e. The van der Waals surface area contributed by atoms with Crippen molar-refractivity contribution < 1.29 is 32.6 Å². The summed E-state index contributed by atoms with van der Waals surface area (Å²) in [7, 11) is 3.20. The maximum absolute atomic E-state index is 13.4. The Morgan fingerprint density at radius 2 is 1.94 bits per heavy atom. The van der Waals surface area contributed by atoms with E-state index in [1.165, 1.54) is 12.0 Å². The number of anilines is 1. The molecule has 2 amide bonds. The van der Waals surface area contributed by atoms with Crippen LogP contribution in [0.4, 0.5) is 18.9 Å². The number of alkyl halides is 3. The summed E-state index contributed by atoms with van der Waals surface area (Å²) in [5, 5.41) is 19.0. The number of imidazole rings is 1. The lowest BCUT2D eigenvalue weighted by molar-refractivity contribution is -0.208. The number of aliphatic hydroxyl groups is 1. The zero-order valence-electron chi connectivity index (χ0n) is 27.7. The predicted octanol–water partition coefficient (Wildman–Crippen LogP) is 4.76. The van der Waals surface area contributed by atoms with Crippen LogP contribution in [0.15, 0.2) is 42.6 Å². The lowest BCUT2D eigenvalue weighted by Crippen LogP contribution is -2.43. The molecule has 2 aliphatic rings. The molecule has 51 heavy (non-hydrogen) atoms. The molecule has 6 rings (SSSR count). The lowest BCUT2D eigenvalue weighted by atomic mass is 10.1. The molecule has 0 aliphatic carbocycles. The fourth-order valence-electron chi connectivity index (χ4n) is 6.25. The topological polar surface area (TPSA) is 147 Å². The molecular formula is C34H35Cl2F3N8O4. The molecule has 0 unspecified atom stereocenters. The third kappa shape index (κ3) is 7.97. The number of hydrogen-bond donors (Lipinski definition) is 4. The predicted molar refractivity (Wildman–Crippen MR) is 185 cm³/mol. The number of aromatic nitrogens is 4. The van der Waals surface area contributed by atoms with E-state index in [0.29, 0.717) is 60.0 Å². The molecule has 0 spiro atoms. The smallest absolute Gasteiger partial charge is 0.415 e. The molecule has 3 aromatic heterocycles. The van der Waals surface area contributed by atoms with E-state index in [-0.39, 0.29) is 46.6 Å². The number of nitrogens with one attached hydrogen (secondary N) is 3. The minimum Gasteiger partial charge on any atom is -0.481 e. The number of carbonyl (C=O) groups is 2. The number of benzene rings is 1. The second-order valence-corrected chi connectivity index (χ2v) is 13.1. The summed E-state index contributed by atoms with van der Waals surface area (Å²) in [5.41, 5.74) is 4.21. The number of β-amino-alcohol motifs (C(OH)–C–C–N with tert-alkyl or cyclic N) is 1. The molecule has 12 nitrogen and oxygen atoms in total. The molecule has 17 heteroatoms. The minimum absolute atomic E-state index is 0.0572. The molecule has 4 N–H and O–H groups in total. The van der Waals surface area contributed by atoms with Crippen LogP contribution >= 0.6 is 23.2 Å². The van der Waals surface area contributed by atoms with Gasteiger partial charge in [0.2, 0.25) is 11.8 Å². The highest BCUT2D eigenvalue weighted by atomic mass is 35.5. The van der Waals surface area contributed by atoms with Gasteiger partial charge in [0.15, 0.2) is 11.9 Å². The van der Waals surface area contributed by atoms with Crippen molar-refractivity contribution in [3.05, 3.63) is 75.4 Å². The molecule has 4 aromatic rings. The van der Waals surface area contributed by atoms with Gasteiger partial charge in [0, 0.05) is 87.2 Å². The van der Waals surface area contributed by atoms with Crippen molar-refractivity contribution in [2.75, 3.05) is 32.1 Å². The van der Waals surface area contributed by atoms with Crippen molar-refractivity contribution in [1.82, 2.24) is 35.1 Å². The van der Waals surface area contributed by atoms with Crippen LogP contribution in [0, 0.1) is 0 Å². The van der Waals surface area contributed by atoms with Gasteiger partial charge < -0.3 is 30.4 Å². The van der Waals surface area contributed by atoms with Crippen molar-refractivity contribution in [1.29, 1.82) is 0 Å². The fraction of sp³-hybridized carbons (Fsp3) is 0.382. The Bertz CT molecular complexity index is 1960. The number of halogens is 5. The van der Waals surface area contributed by atoms with Gasteiger partial charge in [-0.15, -0.1) is 0 Å². The number of amides is 2. The highest BCUT2D eigenvalue weighted by Crippen LogP contribution is 2.40. The van der Waals surface area contributed by atoms with Gasteiger partial charge in [-0.3, -0.25) is 19.5 Å². The van der Waals surface area contributed by atoms with Crippen LogP contribution < -0.4 is 20.7 Å². The Morgan fingerprint density at radius 1 is 1.14 bits per heavy atom. The second-order valence-electron chi connectivity index (χ2n) is 12.4. The quantitative estimate of drug-likeness (QED) is 0.171. The van der Waals surface area contributed by atoms with Gasteiger partial charge in [0.1, 0.15) is 0 Å². The average Bonchev–Trinajstić information content (AvgIpc) is 3.67. The molecule has 2 atom stereocenters. The third-order valence-corrected chi connectivity index (χ3v) is 9.73. The Morgan fingerprint density at radius 3 is 2.67 bits per heavy atom. The van der Waals surface area contributed by atoms with E-state index in [1.54, 1.807) is 42.1 Å². The van der Waals surface area contributed by atoms with E-state index in [2.05, 4.69) is 30.9 Å². The van der Waals surface area contributed by atoms with E-state index >= 15 is 0 Å². The van der Waals surface area contributed by atoms with Crippen molar-refractivity contribution in [3.63, 3.8) is 0 Å². The first-order valence-electron chi connectivity index (χ1n) is 16.1. The molecule has 0 bridgehead atoms. The zero-order chi connectivity index (χ0) is 36.4. The molecule has 2 aliphatic heterocycles. The number of nitrogens with zero attached hydrogens (tertiary/aromatic N) is 5. The maximum atomic E-state index is 13.4. The summed E-state index contributed by atoms with van der Waals surface area (Å²) in [6.45, 7) is 0.850. The summed E-state index contributed by atoms with van der Waals surface area (Å²) in [6, 6.07) is 10.5. The normalized spacial score (nSPS) is 16.9. The van der Waals surface area contributed by atoms with Crippen LogP contribution in [0.2, 0.25) is 10.0 Å². The molecular weight excluding hydrogens is 712 g/mol. The van der Waals surface area contributed by atoms with E-state index < -0.39 is 24.7 Å². The second kappa shape index (κ2) is 15.1. The standard InChI is InChI=1S/C34H35Cl2F3N8O4/c1-46-25-11-13-47(17-26(48)34(37,38)39)16-24(25)43-31(46)32(50)44-23-5-3-4-21(28(23)35)30-29(36)20(10-12-41-30)22-8-6-18(33(45-22)51-2)14-40-15-19-7-9-27(49)42-19/h3-6,8,10,12,19,26,40,48H,7,9,11,13-17H2,1-2H3,(H,42,49)(H,44,50)/t19-,26-/m0/s1. The van der Waals surface area contributed by atoms with Crippen LogP contribution in [0.3, 0.4) is 0 Å². The first-order valence-corrected chi connectivity index (χ1v) is 16.9. The lowest BCUT2D eigenvalue weighted by Gasteiger charge is -2.29. The van der Waals surface area contributed by atoms with Crippen molar-refractivity contribution in [3.8, 4) is 28.4 Å². The summed E-state index contributed by atoms with van der Waals surface area (Å²) in [6.07, 6.45) is -3.95. The van der Waals surface area contributed by atoms with E-state index in [0.717, 1.165) is 17.7 Å². The summed E-state index contributed by atoms with van der Waals surface area (Å²) < 4.78 is 45.9. The van der Waals surface area contributed by atoms with Gasteiger partial charge in [0.25, 0.3) is 5.91 Å². The molecule has 0 saturated carbocycles. The van der Waals surface area contributed by atoms with Gasteiger partial charge >= 0.3 is 6.18 Å². The van der Waals surface area contributed by atoms with Crippen molar-refractivity contribution in [2.24, 2.45) is 7.05 Å². The molecule has 0 radical (unpaired) electrons. The number of fused-ring (bicyclic) bond motifs is 1. The number of ether oxygens (including phenoxy) is 1. The first kappa shape index (κ1) is 36.5. The van der Waals surface area contributed by atoms with E-state index in [1.807, 2.05) is 12.1 Å². The molecule has 1 saturated heterocycles. The number of carbonyl (C=O) groups excluding carboxylic acids is 2. The van der Waals surface area contributed by atoms with Crippen molar-refractivity contribution in [2.45, 2.75) is 50.7 Å². The Kier molecular flexibility index (Phi) is 10.8. The number of hydrogen-bond acceptors (Lipinski definition) is 9. The Labute approximate surface area is 301 Å². The van der Waals surface area contributed by atoms with Gasteiger partial charge in [-0.1, -0.05) is 41.4 Å². The van der Waals surface area contributed by atoms with Gasteiger partial charge in [-0.25, -0.2) is 9.97 Å². The minimum atomic E-state index is -4.73. The Hall–Kier alpha value is -4.28.